The fourth-order valence-corrected chi connectivity index (χ4v) is 2.00. The van der Waals surface area contributed by atoms with Crippen LogP contribution in [0.2, 0.25) is 0 Å². The predicted octanol–water partition coefficient (Wildman–Crippen LogP) is 2.83. The molecular weight excluding hydrogens is 164 g/mol. The van der Waals surface area contributed by atoms with Crippen LogP contribution < -0.4 is 0 Å². The largest absolute Gasteiger partial charge is 0.494 e. The normalized spacial score (nSPS) is 20.0. The maximum Gasteiger partial charge on any atom is 0.162 e. The minimum atomic E-state index is -0.185. The molecule has 2 nitrogen and oxygen atoms in total. The zero-order valence-corrected chi connectivity index (χ0v) is 8.51. The van der Waals surface area contributed by atoms with Crippen LogP contribution in [0, 0.1) is 0 Å². The van der Waals surface area contributed by atoms with E-state index in [1.165, 1.54) is 6.08 Å². The van der Waals surface area contributed by atoms with Crippen LogP contribution >= 0.6 is 0 Å². The molecule has 13 heavy (non-hydrogen) atoms. The lowest BCUT2D eigenvalue weighted by Crippen LogP contribution is -2.35. The van der Waals surface area contributed by atoms with E-state index in [1.54, 1.807) is 6.26 Å². The van der Waals surface area contributed by atoms with Crippen LogP contribution in [-0.4, -0.2) is 11.4 Å². The highest BCUT2D eigenvalue weighted by molar-refractivity contribution is 5.90. The van der Waals surface area contributed by atoms with Crippen molar-refractivity contribution >= 4 is 5.78 Å². The number of allylic oxidation sites excluding steroid dienone is 1. The van der Waals surface area contributed by atoms with Gasteiger partial charge in [-0.1, -0.05) is 26.7 Å². The van der Waals surface area contributed by atoms with Gasteiger partial charge >= 0.3 is 0 Å². The molecule has 0 aromatic carbocycles. The van der Waals surface area contributed by atoms with Crippen molar-refractivity contribution in [3.8, 4) is 0 Å². The van der Waals surface area contributed by atoms with E-state index in [-0.39, 0.29) is 11.4 Å². The molecule has 0 atom stereocenters. The first-order valence-electron chi connectivity index (χ1n) is 5.09. The number of ether oxygens (including phenoxy) is 1. The van der Waals surface area contributed by atoms with Crippen LogP contribution in [0.1, 0.15) is 46.0 Å². The Morgan fingerprint density at radius 2 is 2.00 bits per heavy atom. The summed E-state index contributed by atoms with van der Waals surface area (Å²) in [5.41, 5.74) is -0.185. The number of rotatable bonds is 4. The van der Waals surface area contributed by atoms with Gasteiger partial charge in [0.05, 0.1) is 12.7 Å². The summed E-state index contributed by atoms with van der Waals surface area (Å²) < 4.78 is 5.62. The van der Waals surface area contributed by atoms with Gasteiger partial charge in [-0.2, -0.15) is 0 Å². The Labute approximate surface area is 80.0 Å². The number of hydrogen-bond acceptors (Lipinski definition) is 2. The fraction of sp³-hybridized carbons (Fsp3) is 0.727. The van der Waals surface area contributed by atoms with Gasteiger partial charge in [-0.3, -0.25) is 4.79 Å². The van der Waals surface area contributed by atoms with E-state index in [4.69, 9.17) is 4.74 Å². The predicted molar refractivity (Wildman–Crippen MR) is 52.4 cm³/mol. The fourth-order valence-electron chi connectivity index (χ4n) is 2.00. The van der Waals surface area contributed by atoms with Crippen molar-refractivity contribution in [2.45, 2.75) is 51.6 Å². The third-order valence-electron chi connectivity index (χ3n) is 2.48. The van der Waals surface area contributed by atoms with Gasteiger partial charge in [0.2, 0.25) is 0 Å². The van der Waals surface area contributed by atoms with E-state index < -0.39 is 0 Å². The van der Waals surface area contributed by atoms with Crippen molar-refractivity contribution in [3.05, 3.63) is 12.3 Å². The first-order valence-corrected chi connectivity index (χ1v) is 5.09. The molecule has 0 aromatic rings. The average Bonchev–Trinajstić information content (AvgIpc) is 2.04. The van der Waals surface area contributed by atoms with Gasteiger partial charge in [0.25, 0.3) is 0 Å². The Morgan fingerprint density at radius 3 is 2.46 bits per heavy atom. The van der Waals surface area contributed by atoms with Gasteiger partial charge in [0.15, 0.2) is 5.78 Å². The highest BCUT2D eigenvalue weighted by Gasteiger charge is 2.33. The molecule has 0 aromatic heterocycles. The molecule has 0 saturated carbocycles. The minimum absolute atomic E-state index is 0.185. The summed E-state index contributed by atoms with van der Waals surface area (Å²) in [5, 5.41) is 0. The first-order chi connectivity index (χ1) is 6.22. The highest BCUT2D eigenvalue weighted by Crippen LogP contribution is 2.31. The van der Waals surface area contributed by atoms with Crippen LogP contribution in [0.25, 0.3) is 0 Å². The Balaban J connectivity index is 2.66. The maximum absolute atomic E-state index is 11.3. The number of hydrogen-bond donors (Lipinski definition) is 0. The van der Waals surface area contributed by atoms with Crippen molar-refractivity contribution < 1.29 is 9.53 Å². The van der Waals surface area contributed by atoms with Crippen molar-refractivity contribution in [3.63, 3.8) is 0 Å². The summed E-state index contributed by atoms with van der Waals surface area (Å²) in [7, 11) is 0. The second-order valence-corrected chi connectivity index (χ2v) is 3.75. The zero-order chi connectivity index (χ0) is 9.73. The quantitative estimate of drug-likeness (QED) is 0.668. The second kappa shape index (κ2) is 4.45. The molecule has 0 spiro atoms. The number of carbonyl (C=O) groups is 1. The standard InChI is InChI=1S/C11H18O2/c1-3-6-11(7-4-2)9-10(12)5-8-13-11/h5,8H,3-4,6-7,9H2,1-2H3. The average molecular weight is 182 g/mol. The van der Waals surface area contributed by atoms with E-state index in [9.17, 15) is 4.79 Å². The van der Waals surface area contributed by atoms with Crippen molar-refractivity contribution in [2.75, 3.05) is 0 Å². The van der Waals surface area contributed by atoms with Gasteiger partial charge in [0, 0.05) is 6.08 Å². The Hall–Kier alpha value is -0.790. The summed E-state index contributed by atoms with van der Waals surface area (Å²) >= 11 is 0. The number of carbonyl (C=O) groups excluding carboxylic acids is 1. The van der Waals surface area contributed by atoms with Crippen molar-refractivity contribution in [1.82, 2.24) is 0 Å². The molecule has 1 heterocycles. The molecule has 0 saturated heterocycles. The van der Waals surface area contributed by atoms with Crippen molar-refractivity contribution in [2.24, 2.45) is 0 Å². The molecule has 0 bridgehead atoms. The molecular formula is C11H18O2. The molecule has 0 fully saturated rings. The molecule has 1 aliphatic rings. The summed E-state index contributed by atoms with van der Waals surface area (Å²) in [6.45, 7) is 4.26. The monoisotopic (exact) mass is 182 g/mol. The van der Waals surface area contributed by atoms with Gasteiger partial charge in [0.1, 0.15) is 5.60 Å². The minimum Gasteiger partial charge on any atom is -0.494 e. The van der Waals surface area contributed by atoms with Gasteiger partial charge < -0.3 is 4.74 Å². The molecule has 0 unspecified atom stereocenters. The van der Waals surface area contributed by atoms with Gasteiger partial charge in [-0.05, 0) is 12.8 Å². The highest BCUT2D eigenvalue weighted by atomic mass is 16.5. The SMILES string of the molecule is CCCC1(CCC)CC(=O)C=CO1. The van der Waals surface area contributed by atoms with E-state index in [2.05, 4.69) is 13.8 Å². The topological polar surface area (TPSA) is 26.3 Å². The lowest BCUT2D eigenvalue weighted by atomic mass is 9.86. The van der Waals surface area contributed by atoms with Crippen LogP contribution in [0.5, 0.6) is 0 Å². The summed E-state index contributed by atoms with van der Waals surface area (Å²) in [6, 6.07) is 0. The summed E-state index contributed by atoms with van der Waals surface area (Å²) in [4.78, 5) is 11.3. The summed E-state index contributed by atoms with van der Waals surface area (Å²) in [5.74, 6) is 0.202. The first kappa shape index (κ1) is 10.3. The van der Waals surface area contributed by atoms with Crippen LogP contribution in [-0.2, 0) is 9.53 Å². The molecule has 0 aliphatic carbocycles. The second-order valence-electron chi connectivity index (χ2n) is 3.75. The van der Waals surface area contributed by atoms with Crippen LogP contribution in [0.4, 0.5) is 0 Å². The Morgan fingerprint density at radius 1 is 1.38 bits per heavy atom. The molecule has 1 rings (SSSR count). The molecule has 0 amide bonds. The molecule has 2 heteroatoms. The molecule has 1 aliphatic heterocycles. The third-order valence-corrected chi connectivity index (χ3v) is 2.48. The van der Waals surface area contributed by atoms with E-state index in [1.807, 2.05) is 0 Å². The lowest BCUT2D eigenvalue weighted by molar-refractivity contribution is -0.123. The van der Waals surface area contributed by atoms with Crippen LogP contribution in [0.15, 0.2) is 12.3 Å². The zero-order valence-electron chi connectivity index (χ0n) is 8.51. The van der Waals surface area contributed by atoms with Gasteiger partial charge in [-0.15, -0.1) is 0 Å². The summed E-state index contributed by atoms with van der Waals surface area (Å²) in [6.07, 6.45) is 7.77. The van der Waals surface area contributed by atoms with E-state index in [0.29, 0.717) is 6.42 Å². The van der Waals surface area contributed by atoms with Crippen LogP contribution in [0.3, 0.4) is 0 Å². The third kappa shape index (κ3) is 2.58. The smallest absolute Gasteiger partial charge is 0.162 e. The van der Waals surface area contributed by atoms with E-state index in [0.717, 1.165) is 25.7 Å². The number of ketones is 1. The lowest BCUT2D eigenvalue weighted by Gasteiger charge is -2.34. The van der Waals surface area contributed by atoms with Gasteiger partial charge in [-0.25, -0.2) is 0 Å². The Bertz CT molecular complexity index is 200. The molecule has 0 radical (unpaired) electrons. The molecule has 74 valence electrons. The maximum atomic E-state index is 11.3. The Kier molecular flexibility index (Phi) is 3.52. The van der Waals surface area contributed by atoms with Crippen molar-refractivity contribution in [1.29, 1.82) is 0 Å². The molecule has 0 N–H and O–H groups in total. The van der Waals surface area contributed by atoms with E-state index >= 15 is 0 Å².